The molecule has 2 N–H and O–H groups in total. The first kappa shape index (κ1) is 19.8. The Morgan fingerprint density at radius 1 is 1.21 bits per heavy atom. The Hall–Kier alpha value is -2.55. The lowest BCUT2D eigenvalue weighted by molar-refractivity contribution is -0.137. The van der Waals surface area contributed by atoms with Crippen molar-refractivity contribution in [2.45, 2.75) is 43.2 Å². The molecule has 0 radical (unpaired) electrons. The van der Waals surface area contributed by atoms with Crippen molar-refractivity contribution in [2.75, 3.05) is 25.1 Å². The van der Waals surface area contributed by atoms with Gasteiger partial charge in [-0.2, -0.15) is 13.2 Å². The summed E-state index contributed by atoms with van der Waals surface area (Å²) in [5.74, 6) is 1.25. The standard InChI is InChI=1S/C20H22F3N3O3/c21-20(22,23)15-3-1-2-14(10-15)19(6-7-19)12-24-18(27)25-17-11-16(29-26-17)13-4-8-28-9-5-13/h1-3,10-11,13H,4-9,12H2,(H2,24,25,26,27). The van der Waals surface area contributed by atoms with Gasteiger partial charge in [-0.1, -0.05) is 23.4 Å². The molecule has 1 saturated carbocycles. The van der Waals surface area contributed by atoms with E-state index in [0.29, 0.717) is 30.4 Å². The molecular weight excluding hydrogens is 387 g/mol. The molecule has 4 rings (SSSR count). The van der Waals surface area contributed by atoms with Crippen molar-refractivity contribution in [3.63, 3.8) is 0 Å². The first-order valence-electron chi connectivity index (χ1n) is 9.63. The summed E-state index contributed by atoms with van der Waals surface area (Å²) in [4.78, 5) is 12.2. The molecule has 156 valence electrons. The second-order valence-corrected chi connectivity index (χ2v) is 7.67. The maximum absolute atomic E-state index is 13.0. The summed E-state index contributed by atoms with van der Waals surface area (Å²) in [6.07, 6.45) is -1.23. The number of hydrogen-bond donors (Lipinski definition) is 2. The summed E-state index contributed by atoms with van der Waals surface area (Å²) in [6.45, 7) is 1.60. The molecule has 0 unspecified atom stereocenters. The van der Waals surface area contributed by atoms with Gasteiger partial charge >= 0.3 is 12.2 Å². The molecule has 9 heteroatoms. The average molecular weight is 409 g/mol. The molecular formula is C20H22F3N3O3. The van der Waals surface area contributed by atoms with Crippen molar-refractivity contribution >= 4 is 11.8 Å². The normalized spacial score (nSPS) is 19.0. The van der Waals surface area contributed by atoms with Crippen molar-refractivity contribution in [1.82, 2.24) is 10.5 Å². The lowest BCUT2D eigenvalue weighted by atomic mass is 9.94. The van der Waals surface area contributed by atoms with Crippen LogP contribution >= 0.6 is 0 Å². The van der Waals surface area contributed by atoms with Crippen LogP contribution in [0.25, 0.3) is 0 Å². The number of alkyl halides is 3. The summed E-state index contributed by atoms with van der Waals surface area (Å²) in [6, 6.07) is 6.56. The molecule has 0 bridgehead atoms. The Bertz CT molecular complexity index is 871. The number of carbonyl (C=O) groups excluding carboxylic acids is 1. The highest BCUT2D eigenvalue weighted by Crippen LogP contribution is 2.48. The fourth-order valence-corrected chi connectivity index (χ4v) is 3.68. The van der Waals surface area contributed by atoms with E-state index in [1.165, 1.54) is 12.1 Å². The number of amides is 2. The van der Waals surface area contributed by atoms with Crippen molar-refractivity contribution < 1.29 is 27.2 Å². The molecule has 6 nitrogen and oxygen atoms in total. The lowest BCUT2D eigenvalue weighted by Gasteiger charge is -2.19. The zero-order valence-electron chi connectivity index (χ0n) is 15.7. The average Bonchev–Trinajstić information content (AvgIpc) is 3.37. The number of halogens is 3. The summed E-state index contributed by atoms with van der Waals surface area (Å²) in [5.41, 5.74) is -0.528. The summed E-state index contributed by atoms with van der Waals surface area (Å²) < 4.78 is 49.5. The third-order valence-corrected chi connectivity index (χ3v) is 5.64. The van der Waals surface area contributed by atoms with Crippen LogP contribution in [0.15, 0.2) is 34.9 Å². The van der Waals surface area contributed by atoms with E-state index in [2.05, 4.69) is 15.8 Å². The van der Waals surface area contributed by atoms with E-state index in [-0.39, 0.29) is 12.5 Å². The Morgan fingerprint density at radius 3 is 2.66 bits per heavy atom. The topological polar surface area (TPSA) is 76.4 Å². The quantitative estimate of drug-likeness (QED) is 0.766. The zero-order valence-corrected chi connectivity index (χ0v) is 15.7. The molecule has 1 aliphatic heterocycles. The van der Waals surface area contributed by atoms with Crippen LogP contribution in [-0.4, -0.2) is 30.9 Å². The molecule has 1 aromatic carbocycles. The number of anilines is 1. The van der Waals surface area contributed by atoms with Gasteiger partial charge in [-0.3, -0.25) is 5.32 Å². The Morgan fingerprint density at radius 2 is 1.97 bits per heavy atom. The predicted molar refractivity (Wildman–Crippen MR) is 98.7 cm³/mol. The maximum atomic E-state index is 13.0. The molecule has 2 amide bonds. The van der Waals surface area contributed by atoms with Gasteiger partial charge in [-0.15, -0.1) is 0 Å². The molecule has 1 aliphatic carbocycles. The maximum Gasteiger partial charge on any atom is 0.416 e. The third kappa shape index (κ3) is 4.55. The molecule has 29 heavy (non-hydrogen) atoms. The van der Waals surface area contributed by atoms with Gasteiger partial charge in [0.25, 0.3) is 0 Å². The fraction of sp³-hybridized carbons (Fsp3) is 0.500. The van der Waals surface area contributed by atoms with Crippen LogP contribution in [0.2, 0.25) is 0 Å². The van der Waals surface area contributed by atoms with Crippen molar-refractivity contribution in [3.05, 3.63) is 47.2 Å². The van der Waals surface area contributed by atoms with Gasteiger partial charge in [0.2, 0.25) is 0 Å². The van der Waals surface area contributed by atoms with Crippen LogP contribution in [0.1, 0.15) is 48.5 Å². The summed E-state index contributed by atoms with van der Waals surface area (Å²) in [7, 11) is 0. The van der Waals surface area contributed by atoms with E-state index in [0.717, 1.165) is 31.7 Å². The predicted octanol–water partition coefficient (Wildman–Crippen LogP) is 4.44. The van der Waals surface area contributed by atoms with Gasteiger partial charge in [0.1, 0.15) is 5.76 Å². The molecule has 2 aliphatic rings. The number of carbonyl (C=O) groups is 1. The molecule has 2 heterocycles. The molecule has 1 aromatic heterocycles. The Kier molecular flexibility index (Phi) is 5.24. The van der Waals surface area contributed by atoms with Gasteiger partial charge in [-0.25, -0.2) is 4.79 Å². The van der Waals surface area contributed by atoms with Crippen LogP contribution in [0.4, 0.5) is 23.8 Å². The van der Waals surface area contributed by atoms with Crippen LogP contribution in [-0.2, 0) is 16.3 Å². The highest BCUT2D eigenvalue weighted by atomic mass is 19.4. The Balaban J connectivity index is 1.33. The van der Waals surface area contributed by atoms with E-state index in [1.807, 2.05) is 0 Å². The molecule has 2 fully saturated rings. The second-order valence-electron chi connectivity index (χ2n) is 7.67. The largest absolute Gasteiger partial charge is 0.416 e. The zero-order chi connectivity index (χ0) is 20.5. The first-order valence-corrected chi connectivity index (χ1v) is 9.63. The first-order chi connectivity index (χ1) is 13.9. The third-order valence-electron chi connectivity index (χ3n) is 5.64. The molecule has 2 aromatic rings. The number of aromatic nitrogens is 1. The van der Waals surface area contributed by atoms with Gasteiger partial charge in [-0.05, 0) is 37.3 Å². The lowest BCUT2D eigenvalue weighted by Crippen LogP contribution is -2.35. The number of nitrogens with one attached hydrogen (secondary N) is 2. The minimum Gasteiger partial charge on any atom is -0.381 e. The monoisotopic (exact) mass is 409 g/mol. The molecule has 1 saturated heterocycles. The minimum absolute atomic E-state index is 0.227. The number of rotatable bonds is 5. The van der Waals surface area contributed by atoms with Crippen LogP contribution < -0.4 is 10.6 Å². The van der Waals surface area contributed by atoms with Gasteiger partial charge < -0.3 is 14.6 Å². The van der Waals surface area contributed by atoms with Gasteiger partial charge in [0, 0.05) is 37.2 Å². The van der Waals surface area contributed by atoms with Crippen molar-refractivity contribution in [1.29, 1.82) is 0 Å². The number of urea groups is 1. The van der Waals surface area contributed by atoms with Crippen LogP contribution in [0.5, 0.6) is 0 Å². The van der Waals surface area contributed by atoms with E-state index < -0.39 is 23.2 Å². The number of nitrogens with zero attached hydrogens (tertiary/aromatic N) is 1. The smallest absolute Gasteiger partial charge is 0.381 e. The number of benzene rings is 1. The SMILES string of the molecule is O=C(NCC1(c2cccc(C(F)(F)F)c2)CC1)Nc1cc(C2CCOCC2)on1. The van der Waals surface area contributed by atoms with E-state index in [1.54, 1.807) is 12.1 Å². The van der Waals surface area contributed by atoms with E-state index in [9.17, 15) is 18.0 Å². The van der Waals surface area contributed by atoms with Gasteiger partial charge in [0.05, 0.1) is 5.56 Å². The van der Waals surface area contributed by atoms with Crippen molar-refractivity contribution in [2.24, 2.45) is 0 Å². The fourth-order valence-electron chi connectivity index (χ4n) is 3.68. The summed E-state index contributed by atoms with van der Waals surface area (Å²) >= 11 is 0. The van der Waals surface area contributed by atoms with Crippen LogP contribution in [0, 0.1) is 0 Å². The summed E-state index contributed by atoms with van der Waals surface area (Å²) in [5, 5.41) is 9.24. The Labute approximate surface area is 165 Å². The van der Waals surface area contributed by atoms with E-state index >= 15 is 0 Å². The van der Waals surface area contributed by atoms with Crippen molar-refractivity contribution in [3.8, 4) is 0 Å². The highest BCUT2D eigenvalue weighted by molar-refractivity contribution is 5.88. The van der Waals surface area contributed by atoms with Crippen LogP contribution in [0.3, 0.4) is 0 Å². The van der Waals surface area contributed by atoms with E-state index in [4.69, 9.17) is 9.26 Å². The number of hydrogen-bond acceptors (Lipinski definition) is 4. The second kappa shape index (κ2) is 7.70. The minimum atomic E-state index is -4.38. The number of ether oxygens (including phenoxy) is 1. The molecule has 0 spiro atoms. The highest BCUT2D eigenvalue weighted by Gasteiger charge is 2.45. The molecule has 0 atom stereocenters. The van der Waals surface area contributed by atoms with Gasteiger partial charge in [0.15, 0.2) is 5.82 Å².